The number of aryl methyl sites for hydroxylation is 1. The van der Waals surface area contributed by atoms with Crippen LogP contribution in [0.4, 0.5) is 5.69 Å². The van der Waals surface area contributed by atoms with Gasteiger partial charge in [-0.1, -0.05) is 0 Å². The summed E-state index contributed by atoms with van der Waals surface area (Å²) in [6.07, 6.45) is 0.736. The number of nitrogens with two attached hydrogens (primary N) is 1. The van der Waals surface area contributed by atoms with Gasteiger partial charge in [0.25, 0.3) is 5.69 Å². The molecule has 0 radical (unpaired) electrons. The van der Waals surface area contributed by atoms with Crippen LogP contribution in [0.25, 0.3) is 5.69 Å². The Morgan fingerprint density at radius 3 is 2.58 bits per heavy atom. The van der Waals surface area contributed by atoms with Gasteiger partial charge in [0.1, 0.15) is 4.60 Å². The van der Waals surface area contributed by atoms with Gasteiger partial charge < -0.3 is 5.73 Å². The SMILES string of the molecule is Cc1nn(-c2ccc([N+](=O)[O-])cc2)c(Br)c1CCN. The first-order chi connectivity index (χ1) is 9.04. The first-order valence-electron chi connectivity index (χ1n) is 5.73. The van der Waals surface area contributed by atoms with Crippen molar-refractivity contribution in [3.05, 3.63) is 50.2 Å². The lowest BCUT2D eigenvalue weighted by Gasteiger charge is -2.03. The van der Waals surface area contributed by atoms with Gasteiger partial charge in [0.15, 0.2) is 0 Å². The molecule has 19 heavy (non-hydrogen) atoms. The largest absolute Gasteiger partial charge is 0.330 e. The van der Waals surface area contributed by atoms with E-state index in [9.17, 15) is 10.1 Å². The lowest BCUT2D eigenvalue weighted by Crippen LogP contribution is -2.03. The number of nitro benzene ring substituents is 1. The Kier molecular flexibility index (Phi) is 3.96. The molecule has 1 aromatic carbocycles. The second-order valence-corrected chi connectivity index (χ2v) is 4.83. The van der Waals surface area contributed by atoms with Gasteiger partial charge in [-0.2, -0.15) is 5.10 Å². The van der Waals surface area contributed by atoms with Crippen LogP contribution in [0.2, 0.25) is 0 Å². The van der Waals surface area contributed by atoms with E-state index in [1.165, 1.54) is 12.1 Å². The fourth-order valence-corrected chi connectivity index (χ4v) is 2.62. The maximum Gasteiger partial charge on any atom is 0.269 e. The maximum absolute atomic E-state index is 10.6. The zero-order valence-electron chi connectivity index (χ0n) is 10.3. The Labute approximate surface area is 118 Å². The predicted octanol–water partition coefficient (Wildman–Crippen LogP) is 2.35. The van der Waals surface area contributed by atoms with E-state index in [2.05, 4.69) is 21.0 Å². The summed E-state index contributed by atoms with van der Waals surface area (Å²) in [7, 11) is 0. The molecule has 1 aromatic heterocycles. The summed E-state index contributed by atoms with van der Waals surface area (Å²) in [4.78, 5) is 10.2. The van der Waals surface area contributed by atoms with E-state index in [0.717, 1.165) is 28.0 Å². The summed E-state index contributed by atoms with van der Waals surface area (Å²) in [5.74, 6) is 0. The minimum absolute atomic E-state index is 0.0610. The average Bonchev–Trinajstić information content (AvgIpc) is 2.67. The summed E-state index contributed by atoms with van der Waals surface area (Å²) < 4.78 is 2.55. The highest BCUT2D eigenvalue weighted by Crippen LogP contribution is 2.25. The third kappa shape index (κ3) is 2.66. The monoisotopic (exact) mass is 324 g/mol. The maximum atomic E-state index is 10.6. The number of nitro groups is 1. The molecule has 0 aliphatic carbocycles. The van der Waals surface area contributed by atoms with E-state index in [-0.39, 0.29) is 5.69 Å². The molecule has 6 nitrogen and oxygen atoms in total. The van der Waals surface area contributed by atoms with Gasteiger partial charge >= 0.3 is 0 Å². The zero-order valence-corrected chi connectivity index (χ0v) is 11.9. The van der Waals surface area contributed by atoms with Gasteiger partial charge in [0.05, 0.1) is 16.3 Å². The van der Waals surface area contributed by atoms with Crippen LogP contribution in [0.3, 0.4) is 0 Å². The van der Waals surface area contributed by atoms with Gasteiger partial charge in [-0.3, -0.25) is 10.1 Å². The number of non-ortho nitro benzene ring substituents is 1. The number of benzene rings is 1. The van der Waals surface area contributed by atoms with Crippen molar-refractivity contribution < 1.29 is 4.92 Å². The van der Waals surface area contributed by atoms with Gasteiger partial charge in [0.2, 0.25) is 0 Å². The third-order valence-electron chi connectivity index (χ3n) is 2.82. The van der Waals surface area contributed by atoms with E-state index in [0.29, 0.717) is 6.54 Å². The van der Waals surface area contributed by atoms with Crippen molar-refractivity contribution in [1.82, 2.24) is 9.78 Å². The molecular formula is C12H13BrN4O2. The normalized spacial score (nSPS) is 10.7. The van der Waals surface area contributed by atoms with Crippen molar-refractivity contribution in [3.63, 3.8) is 0 Å². The lowest BCUT2D eigenvalue weighted by atomic mass is 10.2. The quantitative estimate of drug-likeness (QED) is 0.690. The van der Waals surface area contributed by atoms with Gasteiger partial charge in [-0.05, 0) is 48.0 Å². The lowest BCUT2D eigenvalue weighted by molar-refractivity contribution is -0.384. The van der Waals surface area contributed by atoms with Crippen molar-refractivity contribution in [2.45, 2.75) is 13.3 Å². The molecule has 0 spiro atoms. The van der Waals surface area contributed by atoms with Crippen LogP contribution in [-0.2, 0) is 6.42 Å². The number of nitrogens with zero attached hydrogens (tertiary/aromatic N) is 3. The summed E-state index contributed by atoms with van der Waals surface area (Å²) in [6, 6.07) is 6.26. The van der Waals surface area contributed by atoms with Gasteiger partial charge in [-0.15, -0.1) is 0 Å². The van der Waals surface area contributed by atoms with Crippen LogP contribution >= 0.6 is 15.9 Å². The molecule has 0 aliphatic rings. The Morgan fingerprint density at radius 1 is 1.42 bits per heavy atom. The molecule has 0 saturated heterocycles. The first kappa shape index (κ1) is 13.7. The highest BCUT2D eigenvalue weighted by molar-refractivity contribution is 9.10. The van der Waals surface area contributed by atoms with E-state index in [1.54, 1.807) is 16.8 Å². The minimum atomic E-state index is -0.424. The number of aromatic nitrogens is 2. The van der Waals surface area contributed by atoms with Gasteiger partial charge in [0, 0.05) is 17.7 Å². The minimum Gasteiger partial charge on any atom is -0.330 e. The highest BCUT2D eigenvalue weighted by Gasteiger charge is 2.14. The Morgan fingerprint density at radius 2 is 2.05 bits per heavy atom. The molecule has 2 rings (SSSR count). The predicted molar refractivity (Wildman–Crippen MR) is 75.4 cm³/mol. The van der Waals surface area contributed by atoms with Crippen LogP contribution in [0.5, 0.6) is 0 Å². The van der Waals surface area contributed by atoms with Crippen molar-refractivity contribution in [1.29, 1.82) is 0 Å². The molecule has 0 saturated carbocycles. The molecule has 1 heterocycles. The van der Waals surface area contributed by atoms with Crippen molar-refractivity contribution in [3.8, 4) is 5.69 Å². The van der Waals surface area contributed by atoms with Crippen LogP contribution in [0.15, 0.2) is 28.9 Å². The van der Waals surface area contributed by atoms with E-state index < -0.39 is 4.92 Å². The summed E-state index contributed by atoms with van der Waals surface area (Å²) >= 11 is 3.50. The summed E-state index contributed by atoms with van der Waals surface area (Å²) in [5, 5.41) is 15.0. The van der Waals surface area contributed by atoms with Crippen LogP contribution < -0.4 is 5.73 Å². The highest BCUT2D eigenvalue weighted by atomic mass is 79.9. The molecule has 0 atom stereocenters. The van der Waals surface area contributed by atoms with Crippen LogP contribution in [0.1, 0.15) is 11.3 Å². The van der Waals surface area contributed by atoms with E-state index in [1.807, 2.05) is 6.92 Å². The van der Waals surface area contributed by atoms with Crippen molar-refractivity contribution in [2.24, 2.45) is 5.73 Å². The Bertz CT molecular complexity index is 607. The molecular weight excluding hydrogens is 312 g/mol. The number of hydrogen-bond acceptors (Lipinski definition) is 4. The molecule has 100 valence electrons. The zero-order chi connectivity index (χ0) is 14.0. The molecule has 0 fully saturated rings. The second-order valence-electron chi connectivity index (χ2n) is 4.08. The summed E-state index contributed by atoms with van der Waals surface area (Å²) in [5.41, 5.74) is 8.35. The molecule has 0 amide bonds. The fraction of sp³-hybridized carbons (Fsp3) is 0.250. The average molecular weight is 325 g/mol. The van der Waals surface area contributed by atoms with E-state index >= 15 is 0 Å². The molecule has 7 heteroatoms. The topological polar surface area (TPSA) is 87.0 Å². The van der Waals surface area contributed by atoms with Crippen molar-refractivity contribution >= 4 is 21.6 Å². The first-order valence-corrected chi connectivity index (χ1v) is 6.52. The Hall–Kier alpha value is -1.73. The number of rotatable bonds is 4. The molecule has 0 aliphatic heterocycles. The molecule has 2 N–H and O–H groups in total. The molecule has 2 aromatic rings. The number of halogens is 1. The van der Waals surface area contributed by atoms with Crippen LogP contribution in [0, 0.1) is 17.0 Å². The van der Waals surface area contributed by atoms with E-state index in [4.69, 9.17) is 5.73 Å². The smallest absolute Gasteiger partial charge is 0.269 e. The summed E-state index contributed by atoms with van der Waals surface area (Å²) in [6.45, 7) is 2.46. The standard InChI is InChI=1S/C12H13BrN4O2/c1-8-11(6-7-14)12(13)16(15-8)9-2-4-10(5-3-9)17(18)19/h2-5H,6-7,14H2,1H3. The number of hydrogen-bond donors (Lipinski definition) is 1. The van der Waals surface area contributed by atoms with Crippen molar-refractivity contribution in [2.75, 3.05) is 6.54 Å². The third-order valence-corrected chi connectivity index (χ3v) is 3.64. The van der Waals surface area contributed by atoms with Gasteiger partial charge in [-0.25, -0.2) is 4.68 Å². The molecule has 0 bridgehead atoms. The molecule has 0 unspecified atom stereocenters. The second kappa shape index (κ2) is 5.50. The van der Waals surface area contributed by atoms with Crippen LogP contribution in [-0.4, -0.2) is 21.2 Å². The fourth-order valence-electron chi connectivity index (χ4n) is 1.85. The Balaban J connectivity index is 2.41.